The third-order valence-electron chi connectivity index (χ3n) is 3.38. The van der Waals surface area contributed by atoms with Crippen LogP contribution in [0, 0.1) is 10.1 Å². The monoisotopic (exact) mass is 323 g/mol. The number of nitrogens with one attached hydrogen (secondary N) is 1. The average molecular weight is 323 g/mol. The lowest BCUT2D eigenvalue weighted by molar-refractivity contribution is -0.384. The molecule has 1 amide bonds. The van der Waals surface area contributed by atoms with Gasteiger partial charge >= 0.3 is 0 Å². The molecule has 0 bridgehead atoms. The molecular weight excluding hydrogens is 310 g/mol. The predicted molar refractivity (Wildman–Crippen MR) is 89.5 cm³/mol. The highest BCUT2D eigenvalue weighted by molar-refractivity contribution is 6.04. The van der Waals surface area contributed by atoms with Crippen molar-refractivity contribution in [1.82, 2.24) is 4.98 Å². The van der Waals surface area contributed by atoms with Crippen LogP contribution in [0.25, 0.3) is 22.6 Å². The number of carbonyl (C=O) groups excluding carboxylic acids is 1. The van der Waals surface area contributed by atoms with E-state index in [4.69, 9.17) is 4.42 Å². The quantitative estimate of drug-likeness (QED) is 0.446. The predicted octanol–water partition coefficient (Wildman–Crippen LogP) is 3.92. The Hall–Kier alpha value is -3.48. The van der Waals surface area contributed by atoms with Crippen LogP contribution in [-0.4, -0.2) is 15.8 Å². The number of hydrogen-bond acceptors (Lipinski definition) is 5. The van der Waals surface area contributed by atoms with Gasteiger partial charge in [0.15, 0.2) is 5.58 Å². The standard InChI is InChI=1S/C17H13N3O4/c1-10(2)16(21)18-13-6-4-3-5-12(13)17-19-14-9-11(20(22)23)7-8-15(14)24-17/h3-9H,1H2,2H3,(H,18,21). The third-order valence-corrected chi connectivity index (χ3v) is 3.38. The molecule has 0 saturated heterocycles. The van der Waals surface area contributed by atoms with E-state index in [1.54, 1.807) is 31.2 Å². The van der Waals surface area contributed by atoms with E-state index < -0.39 is 4.92 Å². The minimum absolute atomic E-state index is 0.0637. The Morgan fingerprint density at radius 2 is 2.04 bits per heavy atom. The molecule has 0 fully saturated rings. The summed E-state index contributed by atoms with van der Waals surface area (Å²) >= 11 is 0. The minimum atomic E-state index is -0.491. The molecule has 0 unspecified atom stereocenters. The van der Waals surface area contributed by atoms with Gasteiger partial charge in [-0.3, -0.25) is 14.9 Å². The average Bonchev–Trinajstić information content (AvgIpc) is 2.97. The zero-order chi connectivity index (χ0) is 17.3. The Balaban J connectivity index is 2.06. The molecule has 7 nitrogen and oxygen atoms in total. The summed E-state index contributed by atoms with van der Waals surface area (Å²) in [4.78, 5) is 26.5. The highest BCUT2D eigenvalue weighted by atomic mass is 16.6. The fourth-order valence-electron chi connectivity index (χ4n) is 2.15. The van der Waals surface area contributed by atoms with Gasteiger partial charge in [0, 0.05) is 17.7 Å². The van der Waals surface area contributed by atoms with E-state index in [1.165, 1.54) is 18.2 Å². The van der Waals surface area contributed by atoms with Crippen molar-refractivity contribution in [1.29, 1.82) is 0 Å². The number of hydrogen-bond donors (Lipinski definition) is 1. The smallest absolute Gasteiger partial charge is 0.271 e. The highest BCUT2D eigenvalue weighted by Gasteiger charge is 2.16. The number of aromatic nitrogens is 1. The summed E-state index contributed by atoms with van der Waals surface area (Å²) in [5, 5.41) is 13.6. The molecule has 24 heavy (non-hydrogen) atoms. The van der Waals surface area contributed by atoms with Crippen molar-refractivity contribution in [2.45, 2.75) is 6.92 Å². The molecule has 0 spiro atoms. The molecule has 120 valence electrons. The van der Waals surface area contributed by atoms with Crippen LogP contribution in [0.15, 0.2) is 59.0 Å². The summed E-state index contributed by atoms with van der Waals surface area (Å²) in [5.41, 5.74) is 2.21. The number of nitrogens with zero attached hydrogens (tertiary/aromatic N) is 2. The van der Waals surface area contributed by atoms with E-state index in [0.29, 0.717) is 27.9 Å². The lowest BCUT2D eigenvalue weighted by atomic mass is 10.1. The second-order valence-corrected chi connectivity index (χ2v) is 5.21. The van der Waals surface area contributed by atoms with Crippen LogP contribution in [0.5, 0.6) is 0 Å². The summed E-state index contributed by atoms with van der Waals surface area (Å²) in [5.74, 6) is -0.0442. The van der Waals surface area contributed by atoms with Gasteiger partial charge in [0.05, 0.1) is 16.2 Å². The number of fused-ring (bicyclic) bond motifs is 1. The van der Waals surface area contributed by atoms with Gasteiger partial charge in [0.25, 0.3) is 11.6 Å². The molecule has 0 aliphatic heterocycles. The van der Waals surface area contributed by atoms with Crippen molar-refractivity contribution < 1.29 is 14.1 Å². The molecule has 1 N–H and O–H groups in total. The second kappa shape index (κ2) is 5.96. The van der Waals surface area contributed by atoms with Crippen LogP contribution in [0.1, 0.15) is 6.92 Å². The van der Waals surface area contributed by atoms with Gasteiger partial charge in [0.2, 0.25) is 5.89 Å². The van der Waals surface area contributed by atoms with Crippen LogP contribution in [0.3, 0.4) is 0 Å². The Labute approximate surface area is 136 Å². The largest absolute Gasteiger partial charge is 0.436 e. The highest BCUT2D eigenvalue weighted by Crippen LogP contribution is 2.31. The van der Waals surface area contributed by atoms with Crippen molar-refractivity contribution >= 4 is 28.4 Å². The Morgan fingerprint density at radius 1 is 1.29 bits per heavy atom. The summed E-state index contributed by atoms with van der Waals surface area (Å²) in [6.45, 7) is 5.21. The molecular formula is C17H13N3O4. The van der Waals surface area contributed by atoms with E-state index in [1.807, 2.05) is 0 Å². The van der Waals surface area contributed by atoms with Gasteiger partial charge in [-0.2, -0.15) is 0 Å². The number of rotatable bonds is 4. The lowest BCUT2D eigenvalue weighted by Gasteiger charge is -2.08. The van der Waals surface area contributed by atoms with Crippen LogP contribution in [0.4, 0.5) is 11.4 Å². The SMILES string of the molecule is C=C(C)C(=O)Nc1ccccc1-c1nc2cc([N+](=O)[O-])ccc2o1. The number of non-ortho nitro benzene ring substituents is 1. The molecule has 3 aromatic rings. The number of carbonyl (C=O) groups is 1. The molecule has 0 saturated carbocycles. The molecule has 0 aliphatic rings. The molecule has 1 aromatic heterocycles. The molecule has 1 heterocycles. The fraction of sp³-hybridized carbons (Fsp3) is 0.0588. The van der Waals surface area contributed by atoms with Crippen molar-refractivity contribution in [2.24, 2.45) is 0 Å². The fourth-order valence-corrected chi connectivity index (χ4v) is 2.15. The molecule has 3 rings (SSSR count). The van der Waals surface area contributed by atoms with Gasteiger partial charge in [-0.25, -0.2) is 4.98 Å². The summed E-state index contributed by atoms with van der Waals surface area (Å²) < 4.78 is 5.66. The Bertz CT molecular complexity index is 975. The Kier molecular flexibility index (Phi) is 3.83. The van der Waals surface area contributed by atoms with Gasteiger partial charge < -0.3 is 9.73 Å². The number of para-hydroxylation sites is 1. The van der Waals surface area contributed by atoms with Gasteiger partial charge in [-0.1, -0.05) is 18.7 Å². The zero-order valence-electron chi connectivity index (χ0n) is 12.8. The maximum atomic E-state index is 11.9. The van der Waals surface area contributed by atoms with Crippen molar-refractivity contribution in [3.8, 4) is 11.5 Å². The summed E-state index contributed by atoms with van der Waals surface area (Å²) in [7, 11) is 0. The van der Waals surface area contributed by atoms with E-state index >= 15 is 0 Å². The Morgan fingerprint density at radius 3 is 2.75 bits per heavy atom. The molecule has 0 atom stereocenters. The number of nitro benzene ring substituents is 1. The van der Waals surface area contributed by atoms with E-state index in [0.717, 1.165) is 0 Å². The van der Waals surface area contributed by atoms with Crippen molar-refractivity contribution in [3.63, 3.8) is 0 Å². The normalized spacial score (nSPS) is 10.5. The first-order valence-electron chi connectivity index (χ1n) is 7.07. The van der Waals surface area contributed by atoms with Gasteiger partial charge in [-0.05, 0) is 25.1 Å². The van der Waals surface area contributed by atoms with E-state index in [9.17, 15) is 14.9 Å². The number of anilines is 1. The van der Waals surface area contributed by atoms with Crippen molar-refractivity contribution in [2.75, 3.05) is 5.32 Å². The first kappa shape index (κ1) is 15.4. The number of amides is 1. The zero-order valence-corrected chi connectivity index (χ0v) is 12.8. The van der Waals surface area contributed by atoms with Crippen LogP contribution in [-0.2, 0) is 4.79 Å². The third kappa shape index (κ3) is 2.87. The van der Waals surface area contributed by atoms with Gasteiger partial charge in [-0.15, -0.1) is 0 Å². The van der Waals surface area contributed by atoms with Crippen LogP contribution >= 0.6 is 0 Å². The molecule has 0 aliphatic carbocycles. The first-order chi connectivity index (χ1) is 11.5. The topological polar surface area (TPSA) is 98.3 Å². The molecule has 0 radical (unpaired) electrons. The number of oxazole rings is 1. The second-order valence-electron chi connectivity index (χ2n) is 5.21. The van der Waals surface area contributed by atoms with E-state index in [-0.39, 0.29) is 17.5 Å². The summed E-state index contributed by atoms with van der Waals surface area (Å²) in [6, 6.07) is 11.2. The first-order valence-corrected chi connectivity index (χ1v) is 7.07. The maximum Gasteiger partial charge on any atom is 0.271 e. The van der Waals surface area contributed by atoms with Gasteiger partial charge in [0.1, 0.15) is 5.52 Å². The van der Waals surface area contributed by atoms with Crippen molar-refractivity contribution in [3.05, 3.63) is 64.7 Å². The minimum Gasteiger partial charge on any atom is -0.436 e. The van der Waals surface area contributed by atoms with Crippen LogP contribution in [0.2, 0.25) is 0 Å². The molecule has 2 aromatic carbocycles. The number of nitro groups is 1. The maximum absolute atomic E-state index is 11.9. The lowest BCUT2D eigenvalue weighted by Crippen LogP contribution is -2.12. The van der Waals surface area contributed by atoms with Crippen LogP contribution < -0.4 is 5.32 Å². The van der Waals surface area contributed by atoms with E-state index in [2.05, 4.69) is 16.9 Å². The molecule has 7 heteroatoms. The number of benzene rings is 2. The summed E-state index contributed by atoms with van der Waals surface area (Å²) in [6.07, 6.45) is 0.